The van der Waals surface area contributed by atoms with Crippen LogP contribution >= 0.6 is 23.4 Å². The average molecular weight is 492 g/mol. The summed E-state index contributed by atoms with van der Waals surface area (Å²) in [5.74, 6) is 1.45. The number of aliphatic hydroxyl groups is 2. The zero-order valence-corrected chi connectivity index (χ0v) is 20.4. The Labute approximate surface area is 203 Å². The van der Waals surface area contributed by atoms with E-state index in [1.807, 2.05) is 11.0 Å². The standard InChI is InChI=1S/C23H30ClN5O3S/c1-15-10-23(14-32-15)4-8-28(9-5-23)21-17(13-31)27-19(11-26-21)33-18-2-6-25-22(20(18)24)29-7-3-16(29)12-30/h2,6,11,15-16,30-31H,3-5,7-10,12-14H2,1H3/t15-,16-/m0/s1. The van der Waals surface area contributed by atoms with E-state index in [1.54, 1.807) is 12.4 Å². The van der Waals surface area contributed by atoms with E-state index >= 15 is 0 Å². The summed E-state index contributed by atoms with van der Waals surface area (Å²) in [6.45, 7) is 5.54. The molecule has 0 aromatic carbocycles. The van der Waals surface area contributed by atoms with Gasteiger partial charge in [0.05, 0.1) is 43.2 Å². The quantitative estimate of drug-likeness (QED) is 0.631. The van der Waals surface area contributed by atoms with E-state index in [0.717, 1.165) is 62.6 Å². The van der Waals surface area contributed by atoms with Gasteiger partial charge in [-0.1, -0.05) is 23.4 Å². The maximum Gasteiger partial charge on any atom is 0.152 e. The fraction of sp³-hybridized carbons (Fsp3) is 0.609. The number of halogens is 1. The zero-order valence-electron chi connectivity index (χ0n) is 18.8. The lowest BCUT2D eigenvalue weighted by Crippen LogP contribution is -2.50. The topological polar surface area (TPSA) is 94.8 Å². The van der Waals surface area contributed by atoms with Crippen molar-refractivity contribution < 1.29 is 14.9 Å². The van der Waals surface area contributed by atoms with Crippen LogP contribution in [0.1, 0.15) is 38.3 Å². The van der Waals surface area contributed by atoms with Gasteiger partial charge in [-0.2, -0.15) is 0 Å². The van der Waals surface area contributed by atoms with Gasteiger partial charge in [0.2, 0.25) is 0 Å². The summed E-state index contributed by atoms with van der Waals surface area (Å²) in [6.07, 6.45) is 8.02. The third-order valence-electron chi connectivity index (χ3n) is 7.15. The van der Waals surface area contributed by atoms with Crippen molar-refractivity contribution in [2.24, 2.45) is 5.41 Å². The molecule has 0 aliphatic carbocycles. The minimum atomic E-state index is -0.167. The van der Waals surface area contributed by atoms with Gasteiger partial charge in [-0.25, -0.2) is 15.0 Å². The number of hydrogen-bond acceptors (Lipinski definition) is 9. The minimum absolute atomic E-state index is 0.0676. The normalized spacial score (nSPS) is 24.4. The summed E-state index contributed by atoms with van der Waals surface area (Å²) in [5.41, 5.74) is 0.875. The number of nitrogens with zero attached hydrogens (tertiary/aromatic N) is 5. The zero-order chi connectivity index (χ0) is 23.0. The highest BCUT2D eigenvalue weighted by Crippen LogP contribution is 2.43. The number of hydrogen-bond donors (Lipinski definition) is 2. The smallest absolute Gasteiger partial charge is 0.152 e. The first-order valence-corrected chi connectivity index (χ1v) is 12.7. The Balaban J connectivity index is 1.30. The van der Waals surface area contributed by atoms with E-state index in [9.17, 15) is 10.2 Å². The predicted octanol–water partition coefficient (Wildman–Crippen LogP) is 3.13. The largest absolute Gasteiger partial charge is 0.394 e. The lowest BCUT2D eigenvalue weighted by atomic mass is 9.77. The average Bonchev–Trinajstić information content (AvgIpc) is 3.16. The molecule has 3 aliphatic heterocycles. The number of aliphatic hydroxyl groups excluding tert-OH is 2. The molecule has 8 nitrogen and oxygen atoms in total. The van der Waals surface area contributed by atoms with Gasteiger partial charge in [-0.05, 0) is 44.1 Å². The van der Waals surface area contributed by atoms with Gasteiger partial charge in [-0.3, -0.25) is 0 Å². The lowest BCUT2D eigenvalue weighted by Gasteiger charge is -2.41. The Morgan fingerprint density at radius 2 is 2.03 bits per heavy atom. The van der Waals surface area contributed by atoms with Crippen LogP contribution < -0.4 is 9.80 Å². The Morgan fingerprint density at radius 1 is 1.21 bits per heavy atom. The number of anilines is 2. The second-order valence-electron chi connectivity index (χ2n) is 9.32. The van der Waals surface area contributed by atoms with Crippen molar-refractivity contribution in [1.29, 1.82) is 0 Å². The van der Waals surface area contributed by atoms with Gasteiger partial charge in [0.15, 0.2) is 5.82 Å². The summed E-state index contributed by atoms with van der Waals surface area (Å²) in [7, 11) is 0. The van der Waals surface area contributed by atoms with Crippen LogP contribution in [0.4, 0.5) is 11.6 Å². The number of rotatable bonds is 6. The monoisotopic (exact) mass is 491 g/mol. The molecule has 33 heavy (non-hydrogen) atoms. The van der Waals surface area contributed by atoms with Crippen molar-refractivity contribution in [3.63, 3.8) is 0 Å². The highest BCUT2D eigenvalue weighted by Gasteiger charge is 2.41. The number of pyridine rings is 1. The molecular weight excluding hydrogens is 462 g/mol. The molecule has 3 fully saturated rings. The molecule has 0 unspecified atom stereocenters. The first kappa shape index (κ1) is 23.1. The molecule has 2 aromatic rings. The van der Waals surface area contributed by atoms with Crippen molar-refractivity contribution in [3.8, 4) is 0 Å². The van der Waals surface area contributed by atoms with Gasteiger partial charge >= 0.3 is 0 Å². The molecule has 10 heteroatoms. The fourth-order valence-corrected chi connectivity index (χ4v) is 6.26. The molecule has 0 radical (unpaired) electrons. The third kappa shape index (κ3) is 4.53. The van der Waals surface area contributed by atoms with E-state index in [1.165, 1.54) is 11.8 Å². The van der Waals surface area contributed by atoms with Crippen LogP contribution in [-0.4, -0.2) is 70.2 Å². The summed E-state index contributed by atoms with van der Waals surface area (Å²) in [5, 5.41) is 20.8. The molecule has 2 N–H and O–H groups in total. The van der Waals surface area contributed by atoms with E-state index in [4.69, 9.17) is 21.3 Å². The van der Waals surface area contributed by atoms with Gasteiger partial charge in [0.25, 0.3) is 0 Å². The van der Waals surface area contributed by atoms with Crippen LogP contribution in [0, 0.1) is 5.41 Å². The van der Waals surface area contributed by atoms with E-state index < -0.39 is 0 Å². The first-order chi connectivity index (χ1) is 16.0. The minimum Gasteiger partial charge on any atom is -0.394 e. The number of piperidine rings is 1. The van der Waals surface area contributed by atoms with Crippen molar-refractivity contribution >= 4 is 35.0 Å². The van der Waals surface area contributed by atoms with Crippen molar-refractivity contribution in [2.45, 2.75) is 61.3 Å². The highest BCUT2D eigenvalue weighted by atomic mass is 35.5. The lowest BCUT2D eigenvalue weighted by molar-refractivity contribution is 0.0975. The van der Waals surface area contributed by atoms with Crippen molar-refractivity contribution in [2.75, 3.05) is 42.6 Å². The van der Waals surface area contributed by atoms with Crippen LogP contribution in [0.3, 0.4) is 0 Å². The summed E-state index contributed by atoms with van der Waals surface area (Å²) in [6, 6.07) is 1.92. The van der Waals surface area contributed by atoms with E-state index in [-0.39, 0.29) is 19.3 Å². The molecule has 5 heterocycles. The van der Waals surface area contributed by atoms with Crippen LogP contribution in [0.15, 0.2) is 28.4 Å². The molecule has 5 rings (SSSR count). The molecule has 3 saturated heterocycles. The Kier molecular flexibility index (Phi) is 6.68. The summed E-state index contributed by atoms with van der Waals surface area (Å²) >= 11 is 8.07. The highest BCUT2D eigenvalue weighted by molar-refractivity contribution is 7.99. The Morgan fingerprint density at radius 3 is 2.67 bits per heavy atom. The maximum absolute atomic E-state index is 10.0. The summed E-state index contributed by atoms with van der Waals surface area (Å²) in [4.78, 5) is 18.9. The van der Waals surface area contributed by atoms with Gasteiger partial charge in [0.1, 0.15) is 16.5 Å². The van der Waals surface area contributed by atoms with Gasteiger partial charge in [-0.15, -0.1) is 0 Å². The van der Waals surface area contributed by atoms with Crippen molar-refractivity contribution in [1.82, 2.24) is 15.0 Å². The van der Waals surface area contributed by atoms with E-state index in [2.05, 4.69) is 21.8 Å². The molecule has 1 spiro atoms. The molecular formula is C23H30ClN5O3S. The van der Waals surface area contributed by atoms with Crippen LogP contribution in [0.2, 0.25) is 5.02 Å². The van der Waals surface area contributed by atoms with Gasteiger partial charge in [0, 0.05) is 30.7 Å². The maximum atomic E-state index is 10.0. The Hall–Kier alpha value is -1.65. The molecule has 0 bridgehead atoms. The molecule has 2 atom stereocenters. The predicted molar refractivity (Wildman–Crippen MR) is 128 cm³/mol. The number of aromatic nitrogens is 3. The first-order valence-electron chi connectivity index (χ1n) is 11.5. The van der Waals surface area contributed by atoms with Crippen LogP contribution in [0.25, 0.3) is 0 Å². The summed E-state index contributed by atoms with van der Waals surface area (Å²) < 4.78 is 5.84. The second-order valence-corrected chi connectivity index (χ2v) is 10.8. The molecule has 0 amide bonds. The Bertz CT molecular complexity index is 1000. The second kappa shape index (κ2) is 9.54. The van der Waals surface area contributed by atoms with Crippen LogP contribution in [0.5, 0.6) is 0 Å². The fourth-order valence-electron chi connectivity index (χ4n) is 5.13. The van der Waals surface area contributed by atoms with Gasteiger partial charge < -0.3 is 24.7 Å². The van der Waals surface area contributed by atoms with Crippen molar-refractivity contribution in [3.05, 3.63) is 29.2 Å². The molecule has 0 saturated carbocycles. The molecule has 178 valence electrons. The SMILES string of the molecule is C[C@H]1CC2(CCN(c3ncc(Sc4ccnc(N5CC[C@H]5CO)c4Cl)nc3CO)CC2)CO1. The molecule has 3 aliphatic rings. The van der Waals surface area contributed by atoms with Crippen LogP contribution in [-0.2, 0) is 11.3 Å². The number of ether oxygens (including phenoxy) is 1. The third-order valence-corrected chi connectivity index (χ3v) is 8.60. The van der Waals surface area contributed by atoms with E-state index in [0.29, 0.717) is 33.1 Å². The molecule has 2 aromatic heterocycles.